The van der Waals surface area contributed by atoms with Crippen molar-refractivity contribution >= 4 is 33.2 Å². The van der Waals surface area contributed by atoms with Crippen LogP contribution >= 0.6 is 15.9 Å². The number of nitrogens with one attached hydrogen (secondary N) is 1. The average Bonchev–Trinajstić information content (AvgIpc) is 2.50. The molecular weight excluding hydrogens is 332 g/mol. The fourth-order valence-corrected chi connectivity index (χ4v) is 2.72. The number of fused-ring (bicyclic) bond motifs is 1. The van der Waals surface area contributed by atoms with Crippen LogP contribution < -0.4 is 15.8 Å². The van der Waals surface area contributed by atoms with Gasteiger partial charge in [0.15, 0.2) is 0 Å². The predicted molar refractivity (Wildman–Crippen MR) is 86.3 cm³/mol. The molecule has 4 nitrogen and oxygen atoms in total. The van der Waals surface area contributed by atoms with Crippen LogP contribution in [0.3, 0.4) is 0 Å². The second kappa shape index (κ2) is 5.77. The molecule has 0 aromatic heterocycles. The van der Waals surface area contributed by atoms with Crippen LogP contribution in [0, 0.1) is 5.92 Å². The summed E-state index contributed by atoms with van der Waals surface area (Å²) in [5.41, 5.74) is 8.10. The Balaban J connectivity index is 1.74. The number of nitrogen functional groups attached to an aromatic ring is 1. The van der Waals surface area contributed by atoms with Crippen molar-refractivity contribution in [3.8, 4) is 5.75 Å². The van der Waals surface area contributed by atoms with Gasteiger partial charge in [-0.3, -0.25) is 4.79 Å². The van der Waals surface area contributed by atoms with Crippen LogP contribution in [0.15, 0.2) is 46.9 Å². The summed E-state index contributed by atoms with van der Waals surface area (Å²) in [6.45, 7) is 0.392. The maximum Gasteiger partial charge on any atom is 0.231 e. The fraction of sp³-hybridized carbons (Fsp3) is 0.188. The van der Waals surface area contributed by atoms with E-state index in [1.54, 1.807) is 12.1 Å². The number of hydrogen-bond acceptors (Lipinski definition) is 3. The van der Waals surface area contributed by atoms with Crippen molar-refractivity contribution in [1.29, 1.82) is 0 Å². The highest BCUT2D eigenvalue weighted by atomic mass is 79.9. The van der Waals surface area contributed by atoms with E-state index in [-0.39, 0.29) is 11.8 Å². The minimum Gasteiger partial charge on any atom is -0.492 e. The summed E-state index contributed by atoms with van der Waals surface area (Å²) in [5.74, 6) is 0.607. The molecule has 108 valence electrons. The molecule has 3 rings (SSSR count). The molecule has 1 atom stereocenters. The zero-order chi connectivity index (χ0) is 14.8. The van der Waals surface area contributed by atoms with E-state index < -0.39 is 0 Å². The van der Waals surface area contributed by atoms with E-state index in [1.807, 2.05) is 30.3 Å². The molecule has 1 aliphatic rings. The largest absolute Gasteiger partial charge is 0.492 e. The molecule has 0 radical (unpaired) electrons. The number of para-hydroxylation sites is 1. The van der Waals surface area contributed by atoms with E-state index in [9.17, 15) is 4.79 Å². The Bertz CT molecular complexity index is 688. The van der Waals surface area contributed by atoms with Crippen molar-refractivity contribution in [2.45, 2.75) is 6.42 Å². The monoisotopic (exact) mass is 346 g/mol. The van der Waals surface area contributed by atoms with E-state index in [0.29, 0.717) is 24.4 Å². The summed E-state index contributed by atoms with van der Waals surface area (Å²) in [6.07, 6.45) is 0.682. The Morgan fingerprint density at radius 2 is 2.10 bits per heavy atom. The minimum atomic E-state index is -0.201. The number of ether oxygens (including phenoxy) is 1. The highest BCUT2D eigenvalue weighted by Gasteiger charge is 2.26. The van der Waals surface area contributed by atoms with Crippen molar-refractivity contribution in [2.75, 3.05) is 17.7 Å². The average molecular weight is 347 g/mol. The zero-order valence-electron chi connectivity index (χ0n) is 11.3. The van der Waals surface area contributed by atoms with Gasteiger partial charge >= 0.3 is 0 Å². The number of rotatable bonds is 2. The second-order valence-corrected chi connectivity index (χ2v) is 5.90. The van der Waals surface area contributed by atoms with Gasteiger partial charge in [-0.15, -0.1) is 0 Å². The Hall–Kier alpha value is -2.01. The Labute approximate surface area is 131 Å². The van der Waals surface area contributed by atoms with Crippen molar-refractivity contribution in [1.82, 2.24) is 0 Å². The smallest absolute Gasteiger partial charge is 0.231 e. The van der Waals surface area contributed by atoms with Gasteiger partial charge in [0.1, 0.15) is 12.4 Å². The van der Waals surface area contributed by atoms with Crippen molar-refractivity contribution in [3.05, 3.63) is 52.5 Å². The molecule has 0 saturated heterocycles. The molecule has 1 amide bonds. The summed E-state index contributed by atoms with van der Waals surface area (Å²) in [7, 11) is 0. The van der Waals surface area contributed by atoms with E-state index >= 15 is 0 Å². The SMILES string of the molecule is Nc1ccc(Br)c(NC(=O)C2COc3ccccc3C2)c1. The number of amides is 1. The number of benzene rings is 2. The molecular formula is C16H15BrN2O2. The van der Waals surface area contributed by atoms with E-state index in [4.69, 9.17) is 10.5 Å². The van der Waals surface area contributed by atoms with Crippen LogP contribution in [0.2, 0.25) is 0 Å². The van der Waals surface area contributed by atoms with Crippen molar-refractivity contribution < 1.29 is 9.53 Å². The number of hydrogen-bond donors (Lipinski definition) is 2. The number of carbonyl (C=O) groups excluding carboxylic acids is 1. The van der Waals surface area contributed by atoms with Gasteiger partial charge in [-0.2, -0.15) is 0 Å². The molecule has 1 aliphatic heterocycles. The number of carbonyl (C=O) groups is 1. The molecule has 2 aromatic carbocycles. The summed E-state index contributed by atoms with van der Waals surface area (Å²) >= 11 is 3.41. The number of nitrogens with two attached hydrogens (primary N) is 1. The topological polar surface area (TPSA) is 64.3 Å². The van der Waals surface area contributed by atoms with Crippen LogP contribution in [0.4, 0.5) is 11.4 Å². The molecule has 0 bridgehead atoms. The molecule has 3 N–H and O–H groups in total. The normalized spacial score (nSPS) is 16.7. The summed E-state index contributed by atoms with van der Waals surface area (Å²) in [4.78, 5) is 12.4. The Morgan fingerprint density at radius 3 is 2.95 bits per heavy atom. The maximum absolute atomic E-state index is 12.4. The van der Waals surface area contributed by atoms with Gasteiger partial charge in [-0.05, 0) is 52.2 Å². The van der Waals surface area contributed by atoms with Gasteiger partial charge in [0.05, 0.1) is 11.6 Å². The van der Waals surface area contributed by atoms with Crippen LogP contribution in [0.5, 0.6) is 5.75 Å². The van der Waals surface area contributed by atoms with E-state index in [0.717, 1.165) is 15.8 Å². The fourth-order valence-electron chi connectivity index (χ4n) is 2.37. The second-order valence-electron chi connectivity index (χ2n) is 5.05. The third kappa shape index (κ3) is 3.03. The van der Waals surface area contributed by atoms with Gasteiger partial charge in [0.25, 0.3) is 0 Å². The van der Waals surface area contributed by atoms with Crippen LogP contribution in [-0.4, -0.2) is 12.5 Å². The van der Waals surface area contributed by atoms with Gasteiger partial charge in [0, 0.05) is 10.2 Å². The highest BCUT2D eigenvalue weighted by Crippen LogP contribution is 2.29. The lowest BCUT2D eigenvalue weighted by Crippen LogP contribution is -2.32. The molecule has 0 fully saturated rings. The van der Waals surface area contributed by atoms with Gasteiger partial charge < -0.3 is 15.8 Å². The lowest BCUT2D eigenvalue weighted by atomic mass is 9.96. The number of anilines is 2. The summed E-state index contributed by atoms with van der Waals surface area (Å²) < 4.78 is 6.46. The van der Waals surface area contributed by atoms with Crippen LogP contribution in [0.1, 0.15) is 5.56 Å². The standard InChI is InChI=1S/C16H15BrN2O2/c17-13-6-5-12(18)8-14(13)19-16(20)11-7-10-3-1-2-4-15(10)21-9-11/h1-6,8,11H,7,9,18H2,(H,19,20). The molecule has 2 aromatic rings. The first kappa shape index (κ1) is 13.9. The van der Waals surface area contributed by atoms with Crippen molar-refractivity contribution in [2.24, 2.45) is 5.92 Å². The van der Waals surface area contributed by atoms with Gasteiger partial charge in [0.2, 0.25) is 5.91 Å². The number of halogens is 1. The third-order valence-corrected chi connectivity index (χ3v) is 4.19. The van der Waals surface area contributed by atoms with Gasteiger partial charge in [-0.25, -0.2) is 0 Å². The Morgan fingerprint density at radius 1 is 1.29 bits per heavy atom. The molecule has 1 unspecified atom stereocenters. The molecule has 0 aliphatic carbocycles. The lowest BCUT2D eigenvalue weighted by Gasteiger charge is -2.24. The van der Waals surface area contributed by atoms with E-state index in [2.05, 4.69) is 21.2 Å². The van der Waals surface area contributed by atoms with Crippen molar-refractivity contribution in [3.63, 3.8) is 0 Å². The van der Waals surface area contributed by atoms with Crippen LogP contribution in [0.25, 0.3) is 0 Å². The molecule has 0 saturated carbocycles. The first-order valence-electron chi connectivity index (χ1n) is 6.70. The maximum atomic E-state index is 12.4. The Kier molecular flexibility index (Phi) is 3.84. The molecule has 21 heavy (non-hydrogen) atoms. The lowest BCUT2D eigenvalue weighted by molar-refractivity contribution is -0.121. The highest BCUT2D eigenvalue weighted by molar-refractivity contribution is 9.10. The zero-order valence-corrected chi connectivity index (χ0v) is 12.9. The van der Waals surface area contributed by atoms with E-state index in [1.165, 1.54) is 0 Å². The summed E-state index contributed by atoms with van der Waals surface area (Å²) in [5, 5.41) is 2.91. The van der Waals surface area contributed by atoms with Crippen LogP contribution in [-0.2, 0) is 11.2 Å². The molecule has 1 heterocycles. The molecule has 5 heteroatoms. The molecule has 0 spiro atoms. The first-order valence-corrected chi connectivity index (χ1v) is 7.49. The third-order valence-electron chi connectivity index (χ3n) is 3.50. The van der Waals surface area contributed by atoms with Gasteiger partial charge in [-0.1, -0.05) is 18.2 Å². The first-order chi connectivity index (χ1) is 10.1. The minimum absolute atomic E-state index is 0.0594. The quantitative estimate of drug-likeness (QED) is 0.820. The summed E-state index contributed by atoms with van der Waals surface area (Å²) in [6, 6.07) is 13.1. The predicted octanol–water partition coefficient (Wildman–Crippen LogP) is 3.22.